The van der Waals surface area contributed by atoms with Crippen molar-refractivity contribution in [2.24, 2.45) is 10.7 Å². The predicted octanol–water partition coefficient (Wildman–Crippen LogP) is 0.868. The van der Waals surface area contributed by atoms with Crippen molar-refractivity contribution in [3.8, 4) is 0 Å². The summed E-state index contributed by atoms with van der Waals surface area (Å²) >= 11 is 1.24. The molecule has 10 heavy (non-hydrogen) atoms. The minimum atomic E-state index is -0.206. The van der Waals surface area contributed by atoms with Gasteiger partial charge in [-0.05, 0) is 25.6 Å². The molecule has 0 spiro atoms. The standard InChI is InChI=1S/C6H8N2OS/c1-3(2)4-5(9)8-6(7)10-4/h1-2H3,(H2,7,8,9). The van der Waals surface area contributed by atoms with Gasteiger partial charge in [-0.3, -0.25) is 4.79 Å². The van der Waals surface area contributed by atoms with Crippen molar-refractivity contribution in [1.82, 2.24) is 0 Å². The van der Waals surface area contributed by atoms with Crippen LogP contribution in [0.2, 0.25) is 0 Å². The fraction of sp³-hybridized carbons (Fsp3) is 0.333. The number of aliphatic imine (C=N–C) groups is 1. The molecule has 0 aromatic carbocycles. The van der Waals surface area contributed by atoms with E-state index in [4.69, 9.17) is 5.73 Å². The first-order valence-corrected chi connectivity index (χ1v) is 3.66. The average Bonchev–Trinajstić information content (AvgIpc) is 2.10. The number of thioether (sulfide) groups is 1. The van der Waals surface area contributed by atoms with E-state index in [-0.39, 0.29) is 5.91 Å². The van der Waals surface area contributed by atoms with E-state index in [1.165, 1.54) is 11.8 Å². The molecule has 0 unspecified atom stereocenters. The molecule has 1 aliphatic heterocycles. The van der Waals surface area contributed by atoms with Gasteiger partial charge in [-0.2, -0.15) is 4.99 Å². The van der Waals surface area contributed by atoms with E-state index >= 15 is 0 Å². The molecule has 0 aromatic heterocycles. The van der Waals surface area contributed by atoms with Crippen LogP contribution in [-0.2, 0) is 4.79 Å². The summed E-state index contributed by atoms with van der Waals surface area (Å²) in [5, 5.41) is 0.348. The predicted molar refractivity (Wildman–Crippen MR) is 42.6 cm³/mol. The molecule has 4 heteroatoms. The Bertz CT molecular complexity index is 238. The third-order valence-electron chi connectivity index (χ3n) is 1.07. The van der Waals surface area contributed by atoms with E-state index in [2.05, 4.69) is 4.99 Å². The second-order valence-electron chi connectivity index (χ2n) is 2.19. The smallest absolute Gasteiger partial charge is 0.286 e. The second-order valence-corrected chi connectivity index (χ2v) is 3.22. The number of hydrogen-bond donors (Lipinski definition) is 1. The maximum Gasteiger partial charge on any atom is 0.286 e. The number of nitrogens with zero attached hydrogens (tertiary/aromatic N) is 1. The summed E-state index contributed by atoms with van der Waals surface area (Å²) in [5.74, 6) is -0.206. The fourth-order valence-corrected chi connectivity index (χ4v) is 1.31. The van der Waals surface area contributed by atoms with E-state index in [1.54, 1.807) is 0 Å². The Balaban J connectivity index is 2.94. The van der Waals surface area contributed by atoms with Gasteiger partial charge >= 0.3 is 0 Å². The van der Waals surface area contributed by atoms with Gasteiger partial charge in [0.15, 0.2) is 5.17 Å². The zero-order valence-electron chi connectivity index (χ0n) is 5.84. The Morgan fingerprint density at radius 1 is 1.60 bits per heavy atom. The lowest BCUT2D eigenvalue weighted by molar-refractivity contribution is -0.113. The van der Waals surface area contributed by atoms with Crippen molar-refractivity contribution in [1.29, 1.82) is 0 Å². The number of allylic oxidation sites excluding steroid dienone is 1. The Morgan fingerprint density at radius 2 is 2.20 bits per heavy atom. The SMILES string of the molecule is CC(C)=C1SC(N)=NC1=O. The minimum Gasteiger partial charge on any atom is -0.378 e. The summed E-state index contributed by atoms with van der Waals surface area (Å²) in [7, 11) is 0. The first kappa shape index (κ1) is 7.34. The molecule has 0 fully saturated rings. The molecule has 0 radical (unpaired) electrons. The van der Waals surface area contributed by atoms with Crippen LogP contribution in [0, 0.1) is 0 Å². The molecule has 0 bridgehead atoms. The Hall–Kier alpha value is -0.770. The lowest BCUT2D eigenvalue weighted by Gasteiger charge is -1.92. The van der Waals surface area contributed by atoms with E-state index in [0.717, 1.165) is 5.57 Å². The molecule has 1 aliphatic rings. The van der Waals surface area contributed by atoms with Crippen LogP contribution in [0.25, 0.3) is 0 Å². The highest BCUT2D eigenvalue weighted by Crippen LogP contribution is 2.26. The molecule has 0 saturated heterocycles. The van der Waals surface area contributed by atoms with Crippen molar-refractivity contribution in [3.63, 3.8) is 0 Å². The van der Waals surface area contributed by atoms with E-state index < -0.39 is 0 Å². The highest BCUT2D eigenvalue weighted by atomic mass is 32.2. The summed E-state index contributed by atoms with van der Waals surface area (Å²) in [5.41, 5.74) is 6.28. The summed E-state index contributed by atoms with van der Waals surface area (Å²) in [6.45, 7) is 3.74. The monoisotopic (exact) mass is 156 g/mol. The zero-order valence-corrected chi connectivity index (χ0v) is 6.66. The normalized spacial score (nSPS) is 17.6. The van der Waals surface area contributed by atoms with Crippen LogP contribution in [0.5, 0.6) is 0 Å². The first-order chi connectivity index (χ1) is 4.61. The van der Waals surface area contributed by atoms with E-state index in [9.17, 15) is 4.79 Å². The number of hydrogen-bond acceptors (Lipinski definition) is 3. The molecule has 0 aliphatic carbocycles. The van der Waals surface area contributed by atoms with Crippen LogP contribution < -0.4 is 5.73 Å². The zero-order chi connectivity index (χ0) is 7.72. The second kappa shape index (κ2) is 2.46. The molecule has 3 nitrogen and oxygen atoms in total. The van der Waals surface area contributed by atoms with Gasteiger partial charge in [-0.15, -0.1) is 0 Å². The Kier molecular flexibility index (Phi) is 1.80. The third kappa shape index (κ3) is 1.21. The van der Waals surface area contributed by atoms with Gasteiger partial charge in [0.05, 0.1) is 4.91 Å². The minimum absolute atomic E-state index is 0.206. The van der Waals surface area contributed by atoms with Gasteiger partial charge in [0.1, 0.15) is 0 Å². The van der Waals surface area contributed by atoms with Gasteiger partial charge in [0, 0.05) is 0 Å². The number of carbonyl (C=O) groups excluding carboxylic acids is 1. The van der Waals surface area contributed by atoms with Crippen molar-refractivity contribution in [3.05, 3.63) is 10.5 Å². The van der Waals surface area contributed by atoms with Gasteiger partial charge in [0.2, 0.25) is 0 Å². The topological polar surface area (TPSA) is 55.4 Å². The molecule has 0 saturated carbocycles. The van der Waals surface area contributed by atoms with Crippen molar-refractivity contribution >= 4 is 22.8 Å². The quantitative estimate of drug-likeness (QED) is 0.529. The van der Waals surface area contributed by atoms with Gasteiger partial charge in [-0.25, -0.2) is 0 Å². The number of amidine groups is 1. The molecule has 54 valence electrons. The third-order valence-corrected chi connectivity index (χ3v) is 2.15. The van der Waals surface area contributed by atoms with Crippen molar-refractivity contribution < 1.29 is 4.79 Å². The summed E-state index contributed by atoms with van der Waals surface area (Å²) in [6, 6.07) is 0. The largest absolute Gasteiger partial charge is 0.378 e. The Morgan fingerprint density at radius 3 is 2.40 bits per heavy atom. The number of rotatable bonds is 0. The van der Waals surface area contributed by atoms with Gasteiger partial charge in [-0.1, -0.05) is 5.57 Å². The lowest BCUT2D eigenvalue weighted by Crippen LogP contribution is -2.01. The van der Waals surface area contributed by atoms with Crippen LogP contribution in [0.15, 0.2) is 15.5 Å². The van der Waals surface area contributed by atoms with Gasteiger partial charge in [0.25, 0.3) is 5.91 Å². The summed E-state index contributed by atoms with van der Waals surface area (Å²) in [6.07, 6.45) is 0. The van der Waals surface area contributed by atoms with Crippen LogP contribution >= 0.6 is 11.8 Å². The number of nitrogens with two attached hydrogens (primary N) is 1. The van der Waals surface area contributed by atoms with Crippen molar-refractivity contribution in [2.75, 3.05) is 0 Å². The maximum absolute atomic E-state index is 10.9. The fourth-order valence-electron chi connectivity index (χ4n) is 0.638. The lowest BCUT2D eigenvalue weighted by atomic mass is 10.3. The number of carbonyl (C=O) groups is 1. The molecular weight excluding hydrogens is 148 g/mol. The maximum atomic E-state index is 10.9. The van der Waals surface area contributed by atoms with E-state index in [0.29, 0.717) is 10.1 Å². The average molecular weight is 156 g/mol. The van der Waals surface area contributed by atoms with Crippen LogP contribution in [0.4, 0.5) is 0 Å². The molecule has 0 aromatic rings. The van der Waals surface area contributed by atoms with Crippen LogP contribution in [0.1, 0.15) is 13.8 Å². The number of amides is 1. The molecular formula is C6H8N2OS. The highest BCUT2D eigenvalue weighted by molar-refractivity contribution is 8.18. The van der Waals surface area contributed by atoms with E-state index in [1.807, 2.05) is 13.8 Å². The summed E-state index contributed by atoms with van der Waals surface area (Å²) in [4.78, 5) is 15.1. The molecule has 0 atom stereocenters. The van der Waals surface area contributed by atoms with Crippen molar-refractivity contribution in [2.45, 2.75) is 13.8 Å². The summed E-state index contributed by atoms with van der Waals surface area (Å²) < 4.78 is 0. The molecule has 1 rings (SSSR count). The Labute approximate surface area is 63.4 Å². The van der Waals surface area contributed by atoms with Crippen LogP contribution in [0.3, 0.4) is 0 Å². The first-order valence-electron chi connectivity index (χ1n) is 2.85. The van der Waals surface area contributed by atoms with Crippen LogP contribution in [-0.4, -0.2) is 11.1 Å². The highest BCUT2D eigenvalue weighted by Gasteiger charge is 2.19. The molecule has 1 heterocycles. The molecule has 1 amide bonds. The molecule has 2 N–H and O–H groups in total. The van der Waals surface area contributed by atoms with Gasteiger partial charge < -0.3 is 5.73 Å².